The fourth-order valence-corrected chi connectivity index (χ4v) is 14.8. The smallest absolute Gasteiger partial charge is 0.408 e. The Morgan fingerprint density at radius 2 is 0.946 bits per heavy atom. The van der Waals surface area contributed by atoms with Gasteiger partial charge in [0, 0.05) is 30.5 Å². The van der Waals surface area contributed by atoms with Gasteiger partial charge < -0.3 is 41.1 Å². The highest BCUT2D eigenvalue weighted by atomic mass is 32.2. The molecule has 24 nitrogen and oxygen atoms in total. The van der Waals surface area contributed by atoms with E-state index >= 15 is 0 Å². The van der Waals surface area contributed by atoms with Crippen molar-refractivity contribution in [1.29, 1.82) is 0 Å². The number of fused-ring (bicyclic) bond motifs is 2. The van der Waals surface area contributed by atoms with E-state index in [2.05, 4.69) is 54.2 Å². The number of hydrogen-bond donors (Lipinski definition) is 7. The van der Waals surface area contributed by atoms with Crippen LogP contribution >= 0.6 is 0 Å². The van der Waals surface area contributed by atoms with Crippen molar-refractivity contribution < 1.29 is 64.7 Å². The number of likely N-dealkylation sites (tertiary alicyclic amines) is 2. The molecule has 6 aliphatic rings. The van der Waals surface area contributed by atoms with Crippen LogP contribution in [0.4, 0.5) is 9.59 Å². The molecule has 2 aromatic carbocycles. The second-order valence-corrected chi connectivity index (χ2v) is 35.1. The van der Waals surface area contributed by atoms with E-state index in [9.17, 15) is 60.0 Å². The summed E-state index contributed by atoms with van der Waals surface area (Å²) in [5.74, 6) is -4.82. The number of piperidine rings is 2. The first kappa shape index (κ1) is 74.6. The predicted molar refractivity (Wildman–Crippen MR) is 350 cm³/mol. The highest BCUT2D eigenvalue weighted by molar-refractivity contribution is 7.90. The minimum absolute atomic E-state index is 0.0481. The van der Waals surface area contributed by atoms with Crippen molar-refractivity contribution in [2.75, 3.05) is 13.1 Å². The van der Waals surface area contributed by atoms with Crippen molar-refractivity contribution in [3.05, 3.63) is 86.0 Å². The normalized spacial score (nSPS) is 26.8. The van der Waals surface area contributed by atoms with Crippen LogP contribution in [0.1, 0.15) is 144 Å². The summed E-state index contributed by atoms with van der Waals surface area (Å²) in [7, 11) is -8.37. The van der Waals surface area contributed by atoms with E-state index in [4.69, 9.17) is 4.74 Å². The molecule has 0 aromatic heterocycles. The molecule has 26 heteroatoms. The third-order valence-electron chi connectivity index (χ3n) is 18.2. The number of carbonyl (C=O) groups excluding carboxylic acids is 9. The lowest BCUT2D eigenvalue weighted by Gasteiger charge is -2.38. The Labute approximate surface area is 549 Å². The highest BCUT2D eigenvalue weighted by Crippen LogP contribution is 2.66. The van der Waals surface area contributed by atoms with Crippen molar-refractivity contribution in [1.82, 2.24) is 45.8 Å². The van der Waals surface area contributed by atoms with Gasteiger partial charge in [-0.15, -0.1) is 13.2 Å². The number of urea groups is 1. The maximum Gasteiger partial charge on any atom is 0.408 e. The zero-order valence-electron chi connectivity index (χ0n) is 57.3. The van der Waals surface area contributed by atoms with Crippen LogP contribution in [0.25, 0.3) is 0 Å². The molecule has 512 valence electrons. The molecule has 9 amide bonds. The van der Waals surface area contributed by atoms with E-state index in [1.807, 2.05) is 111 Å². The van der Waals surface area contributed by atoms with Gasteiger partial charge in [0.25, 0.3) is 31.9 Å². The molecule has 6 fully saturated rings. The van der Waals surface area contributed by atoms with Gasteiger partial charge in [0.2, 0.25) is 29.7 Å². The molecule has 93 heavy (non-hydrogen) atoms. The fourth-order valence-electron chi connectivity index (χ4n) is 12.7. The molecule has 0 spiro atoms. The Kier molecular flexibility index (Phi) is 20.9. The van der Waals surface area contributed by atoms with Crippen LogP contribution in [0.2, 0.25) is 0 Å². The number of benzene rings is 2. The summed E-state index contributed by atoms with van der Waals surface area (Å²) in [6.45, 7) is 43.5. The number of aliphatic imine (C=N–C) groups is 1. The Balaban J connectivity index is 0.000000267. The van der Waals surface area contributed by atoms with Gasteiger partial charge in [0.05, 0.1) is 15.3 Å². The Morgan fingerprint density at radius 3 is 1.23 bits per heavy atom. The summed E-state index contributed by atoms with van der Waals surface area (Å²) in [4.78, 5) is 124. The molecule has 4 saturated carbocycles. The maximum absolute atomic E-state index is 14.1. The van der Waals surface area contributed by atoms with E-state index in [1.54, 1.807) is 57.2 Å². The number of isocyanates is 1. The van der Waals surface area contributed by atoms with E-state index in [0.29, 0.717) is 13.1 Å². The number of alkyl carbamates (subject to hydrolysis) is 1. The summed E-state index contributed by atoms with van der Waals surface area (Å²) >= 11 is 0. The third kappa shape index (κ3) is 16.9. The maximum atomic E-state index is 14.1. The first-order chi connectivity index (χ1) is 42.4. The van der Waals surface area contributed by atoms with Crippen LogP contribution in [0.5, 0.6) is 0 Å². The van der Waals surface area contributed by atoms with Crippen LogP contribution in [0.3, 0.4) is 0 Å². The van der Waals surface area contributed by atoms with Gasteiger partial charge in [0.1, 0.15) is 40.8 Å². The quantitative estimate of drug-likeness (QED) is 0.0526. The van der Waals surface area contributed by atoms with Gasteiger partial charge in [-0.3, -0.25) is 28.8 Å². The molecule has 4 aliphatic carbocycles. The molecule has 2 saturated heterocycles. The van der Waals surface area contributed by atoms with Gasteiger partial charge in [-0.2, -0.15) is 0 Å². The van der Waals surface area contributed by atoms with E-state index in [-0.39, 0.29) is 68.6 Å². The van der Waals surface area contributed by atoms with Crippen molar-refractivity contribution in [2.24, 2.45) is 62.2 Å². The van der Waals surface area contributed by atoms with E-state index in [0.717, 1.165) is 0 Å². The number of hydrogen-bond acceptors (Lipinski definition) is 15. The number of ether oxygens (including phenoxy) is 1. The second kappa shape index (κ2) is 26.0. The molecule has 7 N–H and O–H groups in total. The van der Waals surface area contributed by atoms with Crippen LogP contribution in [0, 0.1) is 57.2 Å². The molecule has 2 aromatic rings. The molecule has 2 aliphatic heterocycles. The largest absolute Gasteiger partial charge is 0.444 e. The van der Waals surface area contributed by atoms with Crippen LogP contribution in [0.15, 0.2) is 101 Å². The summed E-state index contributed by atoms with van der Waals surface area (Å²) in [6, 6.07) is 10.8. The lowest BCUT2D eigenvalue weighted by atomic mass is 9.85. The second-order valence-electron chi connectivity index (χ2n) is 31.8. The third-order valence-corrected chi connectivity index (χ3v) is 20.9. The van der Waals surface area contributed by atoms with E-state index in [1.165, 1.54) is 52.3 Å². The number of nitrogens with one attached hydrogen (secondary N) is 7. The van der Waals surface area contributed by atoms with Crippen LogP contribution < -0.4 is 36.0 Å². The number of rotatable bonds is 16. The van der Waals surface area contributed by atoms with E-state index < -0.39 is 131 Å². The van der Waals surface area contributed by atoms with Crippen LogP contribution in [-0.4, -0.2) is 145 Å². The first-order valence-electron chi connectivity index (χ1n) is 31.3. The fraction of sp³-hybridized carbons (Fsp3) is 0.627. The Bertz CT molecular complexity index is 3320. The molecular weight excluding hydrogens is 1230 g/mol. The minimum atomic E-state index is -4.19. The Morgan fingerprint density at radius 1 is 0.591 bits per heavy atom. The van der Waals surface area contributed by atoms with Crippen molar-refractivity contribution in [3.63, 3.8) is 0 Å². The number of carbonyl (C=O) groups is 8. The molecule has 0 radical (unpaired) electrons. The number of nitrogens with zero attached hydrogens (tertiary/aromatic N) is 3. The summed E-state index contributed by atoms with van der Waals surface area (Å²) < 4.78 is 61.3. The first-order valence-corrected chi connectivity index (χ1v) is 34.3. The number of amides is 9. The van der Waals surface area contributed by atoms with Gasteiger partial charge in [-0.05, 0) is 145 Å². The zero-order valence-corrected chi connectivity index (χ0v) is 59.0. The van der Waals surface area contributed by atoms with Gasteiger partial charge in [-0.25, -0.2) is 45.7 Å². The Hall–Kier alpha value is -7.44. The van der Waals surface area contributed by atoms with Crippen molar-refractivity contribution in [3.8, 4) is 0 Å². The predicted octanol–water partition coefficient (Wildman–Crippen LogP) is 6.64. The van der Waals surface area contributed by atoms with Gasteiger partial charge in [-0.1, -0.05) is 118 Å². The minimum Gasteiger partial charge on any atom is -0.444 e. The average Bonchev–Trinajstić information content (AvgIpc) is 1.53. The van der Waals surface area contributed by atoms with Gasteiger partial charge >= 0.3 is 12.1 Å². The summed E-state index contributed by atoms with van der Waals surface area (Å²) in [6.07, 6.45) is 4.11. The topological polar surface area (TPSA) is 334 Å². The molecule has 8 rings (SSSR count). The van der Waals surface area contributed by atoms with Crippen LogP contribution in [-0.2, 0) is 58.3 Å². The van der Waals surface area contributed by atoms with Crippen molar-refractivity contribution >= 4 is 73.7 Å². The molecule has 12 atom stereocenters. The molecule has 0 bridgehead atoms. The number of sulfonamides is 2. The SMILES string of the molecule is C=CC1C[C@]1(NC(=O)[C@@H]1[C@@H]2[C@H](CN1C(=O)[C@@H](NC(=O)NC(C)(C)C)C(C)(C)C)C2(C)C)C(=O)NS(=O)(=O)c1ccccc1.C=CC1C[C@]1(NC(=O)[C@@H]1[C@@H]2[C@H](CN1C(=O)[C@@H](NC(=O)OC(C)(C)C)C(C)(C)C)C2(C)C)C(=O)NS(=O)(=O)c1ccccc1.CC(C)(C)N=C=O. The molecular formula is C67H98N10O14S2. The average molecular weight is 1330 g/mol. The van der Waals surface area contributed by atoms with Gasteiger partial charge in [0.15, 0.2) is 0 Å². The summed E-state index contributed by atoms with van der Waals surface area (Å²) in [5, 5.41) is 14.0. The monoisotopic (exact) mass is 1330 g/mol. The summed E-state index contributed by atoms with van der Waals surface area (Å²) in [5.41, 5.74) is -6.39. The standard InChI is InChI=1S/C31H45N5O6S.C31H44N4O7S.C5H9NO/c1-10-18-16-31(18,26(39)35-43(41,42)19-14-12-11-13-15-19)33-24(37)22-21-20(30(21,8)9)17-36(22)25(38)23(28(2,3)4)32-27(40)34-29(5,6)7;1-10-18-16-31(18,26(38)34-43(40,41)19-14-12-11-13-15-19)33-24(36)22-21-20(30(21,8)9)17-35(22)25(37)23(28(2,3)4)32-27(39)42-29(5,6)7;1-5(2,3)6-4-7/h10-15,18,20-23H,1,16-17H2,2-9H3,(H,33,37)(H,35,39)(H2,32,34,40);10-15,18,20-23H,1,16-17H2,2-9H3,(H,32,39)(H,33,36)(H,34,38);1-3H3/t2*18?,20-,21-,22-,23+,31+;/m00./s1. The highest BCUT2D eigenvalue weighted by Gasteiger charge is 2.73. The lowest BCUT2D eigenvalue weighted by molar-refractivity contribution is -0.144. The molecule has 2 unspecified atom stereocenters. The molecule has 2 heterocycles. The lowest BCUT2D eigenvalue weighted by Crippen LogP contribution is -2.62. The zero-order chi connectivity index (χ0) is 70.6. The van der Waals surface area contributed by atoms with Crippen molar-refractivity contribution in [2.45, 2.75) is 206 Å².